The molecule has 0 saturated carbocycles. The predicted octanol–water partition coefficient (Wildman–Crippen LogP) is 6.25. The van der Waals surface area contributed by atoms with E-state index in [2.05, 4.69) is 20.7 Å². The monoisotopic (exact) mass is 436 g/mol. The molecule has 0 atom stereocenters. The number of fused-ring (bicyclic) bond motifs is 1. The fourth-order valence-electron chi connectivity index (χ4n) is 2.39. The van der Waals surface area contributed by atoms with E-state index in [4.69, 9.17) is 9.15 Å². The van der Waals surface area contributed by atoms with Gasteiger partial charge in [-0.2, -0.15) is 0 Å². The van der Waals surface area contributed by atoms with Crippen LogP contribution in [-0.2, 0) is 4.74 Å². The Kier molecular flexibility index (Phi) is 7.56. The molecule has 1 aromatic heterocycles. The fourth-order valence-corrected chi connectivity index (χ4v) is 2.81. The molecule has 0 N–H and O–H groups in total. The molecule has 0 saturated heterocycles. The van der Waals surface area contributed by atoms with Gasteiger partial charge in [0.05, 0.1) is 16.1 Å². The lowest BCUT2D eigenvalue weighted by atomic mass is 10.1. The van der Waals surface area contributed by atoms with Crippen LogP contribution >= 0.6 is 15.9 Å². The zero-order valence-electron chi connectivity index (χ0n) is 15.7. The van der Waals surface area contributed by atoms with E-state index in [0.717, 1.165) is 17.4 Å². The number of carbonyl (C=O) groups is 1. The number of hydrogen-bond donors (Lipinski definition) is 0. The minimum Gasteiger partial charge on any atom is -0.490 e. The Labute approximate surface area is 166 Å². The van der Waals surface area contributed by atoms with Crippen LogP contribution in [0.3, 0.4) is 0 Å². The van der Waals surface area contributed by atoms with Crippen LogP contribution in [0, 0.1) is 5.82 Å². The van der Waals surface area contributed by atoms with Crippen LogP contribution in [0.25, 0.3) is 22.3 Å². The zero-order chi connectivity index (χ0) is 20.0. The van der Waals surface area contributed by atoms with E-state index < -0.39 is 0 Å². The minimum absolute atomic E-state index is 0.00639. The molecule has 6 heteroatoms. The molecule has 0 bridgehead atoms. The lowest BCUT2D eigenvalue weighted by Gasteiger charge is -2.11. The first-order chi connectivity index (χ1) is 12.9. The first-order valence-corrected chi connectivity index (χ1v) is 9.33. The van der Waals surface area contributed by atoms with E-state index in [0.29, 0.717) is 33.6 Å². The summed E-state index contributed by atoms with van der Waals surface area (Å²) in [4.78, 5) is 11.6. The van der Waals surface area contributed by atoms with Gasteiger partial charge in [0.1, 0.15) is 22.9 Å². The van der Waals surface area contributed by atoms with Crippen LogP contribution in [0.5, 0.6) is 5.75 Å². The number of methoxy groups -OCH3 is 1. The van der Waals surface area contributed by atoms with Crippen LogP contribution in [0.2, 0.25) is 0 Å². The van der Waals surface area contributed by atoms with Crippen molar-refractivity contribution in [3.63, 3.8) is 0 Å². The lowest BCUT2D eigenvalue weighted by molar-refractivity contribution is 0.112. The van der Waals surface area contributed by atoms with Crippen molar-refractivity contribution in [2.75, 3.05) is 13.7 Å². The van der Waals surface area contributed by atoms with Gasteiger partial charge in [0.25, 0.3) is 0 Å². The summed E-state index contributed by atoms with van der Waals surface area (Å²) in [6, 6.07) is 9.38. The van der Waals surface area contributed by atoms with Gasteiger partial charge in [0.2, 0.25) is 0 Å². The Morgan fingerprint density at radius 1 is 1.22 bits per heavy atom. The Morgan fingerprint density at radius 3 is 2.37 bits per heavy atom. The van der Waals surface area contributed by atoms with Gasteiger partial charge in [0.15, 0.2) is 6.29 Å². The average Bonchev–Trinajstić information content (AvgIpc) is 2.99. The van der Waals surface area contributed by atoms with E-state index >= 15 is 0 Å². The van der Waals surface area contributed by atoms with Crippen molar-refractivity contribution in [2.45, 2.75) is 26.9 Å². The molecule has 0 aliphatic carbocycles. The number of rotatable bonds is 5. The molecular weight excluding hydrogens is 415 g/mol. The fraction of sp³-hybridized carbons (Fsp3) is 0.286. The summed E-state index contributed by atoms with van der Waals surface area (Å²) in [6.45, 7) is 6.63. The third-order valence-electron chi connectivity index (χ3n) is 3.66. The van der Waals surface area contributed by atoms with Gasteiger partial charge in [-0.1, -0.05) is 0 Å². The number of carbonyl (C=O) groups excluding carboxylic acids is 1. The highest BCUT2D eigenvalue weighted by molar-refractivity contribution is 9.10. The smallest absolute Gasteiger partial charge is 0.154 e. The molecule has 0 unspecified atom stereocenters. The van der Waals surface area contributed by atoms with Gasteiger partial charge >= 0.3 is 0 Å². The molecule has 2 aromatic carbocycles. The Morgan fingerprint density at radius 2 is 1.85 bits per heavy atom. The molecule has 1 heterocycles. The summed E-state index contributed by atoms with van der Waals surface area (Å²) in [7, 11) is 1.68. The van der Waals surface area contributed by atoms with Crippen molar-refractivity contribution in [1.82, 2.24) is 0 Å². The number of furan rings is 1. The summed E-state index contributed by atoms with van der Waals surface area (Å²) in [6.07, 6.45) is 0.754. The average molecular weight is 437 g/mol. The van der Waals surface area contributed by atoms with E-state index in [9.17, 15) is 9.18 Å². The molecule has 0 spiro atoms. The molecule has 3 rings (SSSR count). The maximum absolute atomic E-state index is 13.1. The highest BCUT2D eigenvalue weighted by Crippen LogP contribution is 2.38. The molecule has 0 radical (unpaired) electrons. The third-order valence-corrected chi connectivity index (χ3v) is 4.28. The predicted molar refractivity (Wildman–Crippen MR) is 108 cm³/mol. The summed E-state index contributed by atoms with van der Waals surface area (Å²) in [5.41, 5.74) is 1.63. The first kappa shape index (κ1) is 21.1. The van der Waals surface area contributed by atoms with Crippen LogP contribution in [-0.4, -0.2) is 26.1 Å². The van der Waals surface area contributed by atoms with E-state index in [1.807, 2.05) is 20.8 Å². The summed E-state index contributed by atoms with van der Waals surface area (Å²) in [5.74, 6) is 0.721. The summed E-state index contributed by atoms with van der Waals surface area (Å²) in [5, 5.41) is 0.665. The second kappa shape index (κ2) is 9.67. The van der Waals surface area contributed by atoms with Gasteiger partial charge in [0, 0.05) is 24.7 Å². The minimum atomic E-state index is -0.340. The second-order valence-corrected chi connectivity index (χ2v) is 6.85. The molecule has 0 fully saturated rings. The molecule has 0 amide bonds. The van der Waals surface area contributed by atoms with Gasteiger partial charge < -0.3 is 13.9 Å². The molecule has 0 aliphatic heterocycles. The van der Waals surface area contributed by atoms with E-state index in [1.54, 1.807) is 31.4 Å². The highest BCUT2D eigenvalue weighted by Gasteiger charge is 2.18. The number of hydrogen-bond acceptors (Lipinski definition) is 4. The van der Waals surface area contributed by atoms with Gasteiger partial charge in [-0.25, -0.2) is 4.39 Å². The third kappa shape index (κ3) is 5.17. The molecule has 27 heavy (non-hydrogen) atoms. The number of halogens is 2. The SMILES string of the molecule is CC(C)Oc1cc2c(C=O)c(-c3ccc(F)cc3)oc2cc1Br.CCOC. The van der Waals surface area contributed by atoms with Crippen molar-refractivity contribution >= 4 is 33.2 Å². The molecule has 0 aliphatic rings. The van der Waals surface area contributed by atoms with Gasteiger partial charge in [-0.05, 0) is 73.1 Å². The summed E-state index contributed by atoms with van der Waals surface area (Å²) < 4.78 is 29.9. The number of ether oxygens (including phenoxy) is 2. The number of aldehydes is 1. The quantitative estimate of drug-likeness (QED) is 0.443. The van der Waals surface area contributed by atoms with Crippen LogP contribution in [0.4, 0.5) is 4.39 Å². The number of benzene rings is 2. The highest BCUT2D eigenvalue weighted by atomic mass is 79.9. The van der Waals surface area contributed by atoms with Crippen molar-refractivity contribution in [3.8, 4) is 17.1 Å². The topological polar surface area (TPSA) is 48.7 Å². The summed E-state index contributed by atoms with van der Waals surface area (Å²) >= 11 is 3.44. The van der Waals surface area contributed by atoms with Crippen LogP contribution in [0.1, 0.15) is 31.1 Å². The van der Waals surface area contributed by atoms with Crippen LogP contribution < -0.4 is 4.74 Å². The second-order valence-electron chi connectivity index (χ2n) is 5.99. The Balaban J connectivity index is 0.000000596. The van der Waals surface area contributed by atoms with Crippen LogP contribution in [0.15, 0.2) is 45.3 Å². The standard InChI is InChI=1S/C18H14BrFO3.C3H8O/c1-10(2)22-17-7-13-14(9-21)18(23-16(13)8-15(17)19)11-3-5-12(20)6-4-11;1-3-4-2/h3-10H,1-2H3;3H2,1-2H3. The van der Waals surface area contributed by atoms with Crippen molar-refractivity contribution in [2.24, 2.45) is 0 Å². The normalized spacial score (nSPS) is 10.6. The Bertz CT molecular complexity index is 899. The maximum atomic E-state index is 13.1. The van der Waals surface area contributed by atoms with Crippen molar-refractivity contribution in [3.05, 3.63) is 52.3 Å². The van der Waals surface area contributed by atoms with E-state index in [1.165, 1.54) is 12.1 Å². The molecule has 144 valence electrons. The molecular formula is C21H22BrFO4. The molecule has 3 aromatic rings. The maximum Gasteiger partial charge on any atom is 0.154 e. The largest absolute Gasteiger partial charge is 0.490 e. The lowest BCUT2D eigenvalue weighted by Crippen LogP contribution is -2.05. The first-order valence-electron chi connectivity index (χ1n) is 8.54. The van der Waals surface area contributed by atoms with Crippen molar-refractivity contribution < 1.29 is 23.1 Å². The zero-order valence-corrected chi connectivity index (χ0v) is 17.3. The van der Waals surface area contributed by atoms with Gasteiger partial charge in [-0.3, -0.25) is 4.79 Å². The Hall–Kier alpha value is -2.18. The molecule has 4 nitrogen and oxygen atoms in total. The van der Waals surface area contributed by atoms with E-state index in [-0.39, 0.29) is 11.9 Å². The van der Waals surface area contributed by atoms with Crippen molar-refractivity contribution in [1.29, 1.82) is 0 Å². The van der Waals surface area contributed by atoms with Gasteiger partial charge in [-0.15, -0.1) is 0 Å².